The fourth-order valence-electron chi connectivity index (χ4n) is 2.78. The van der Waals surface area contributed by atoms with Crippen molar-refractivity contribution in [2.75, 3.05) is 23.4 Å². The standard InChI is InChI=1S/C21H19N3O5/c1-14(21(27)23-16-8-6-15(12-22)7-9-16)29-20(26)13-24-17-4-2-3-5-18(17)28-11-10-19(24)25/h2-9,14H,10-11,13H2,1H3,(H,23,27)/t14-/m0/s1. The number of anilines is 2. The zero-order chi connectivity index (χ0) is 20.8. The molecule has 3 rings (SSSR count). The molecule has 0 bridgehead atoms. The van der Waals surface area contributed by atoms with Gasteiger partial charge in [0, 0.05) is 5.69 Å². The number of carbonyl (C=O) groups excluding carboxylic acids is 3. The summed E-state index contributed by atoms with van der Waals surface area (Å²) in [7, 11) is 0. The summed E-state index contributed by atoms with van der Waals surface area (Å²) in [5, 5.41) is 11.4. The number of hydrogen-bond donors (Lipinski definition) is 1. The van der Waals surface area contributed by atoms with Gasteiger partial charge in [-0.15, -0.1) is 0 Å². The summed E-state index contributed by atoms with van der Waals surface area (Å²) in [6, 6.07) is 15.2. The smallest absolute Gasteiger partial charge is 0.326 e. The molecule has 8 nitrogen and oxygen atoms in total. The average Bonchev–Trinajstić information content (AvgIpc) is 2.87. The normalized spacial score (nSPS) is 13.9. The fraction of sp³-hybridized carbons (Fsp3) is 0.238. The van der Waals surface area contributed by atoms with Crippen molar-refractivity contribution >= 4 is 29.2 Å². The Labute approximate surface area is 167 Å². The summed E-state index contributed by atoms with van der Waals surface area (Å²) in [6.07, 6.45) is -0.928. The number of hydrogen-bond acceptors (Lipinski definition) is 6. The first-order valence-corrected chi connectivity index (χ1v) is 9.00. The molecule has 148 valence electrons. The Morgan fingerprint density at radius 3 is 2.69 bits per heavy atom. The Morgan fingerprint density at radius 1 is 1.24 bits per heavy atom. The van der Waals surface area contributed by atoms with Crippen LogP contribution in [0, 0.1) is 11.3 Å². The van der Waals surface area contributed by atoms with Crippen molar-refractivity contribution in [1.29, 1.82) is 5.26 Å². The van der Waals surface area contributed by atoms with E-state index in [1.54, 1.807) is 48.5 Å². The molecule has 2 aromatic rings. The van der Waals surface area contributed by atoms with Crippen molar-refractivity contribution in [3.63, 3.8) is 0 Å². The molecule has 0 saturated heterocycles. The molecule has 0 saturated carbocycles. The second-order valence-electron chi connectivity index (χ2n) is 6.36. The largest absolute Gasteiger partial charge is 0.491 e. The Bertz CT molecular complexity index is 965. The number of rotatable bonds is 5. The molecule has 1 atom stereocenters. The number of nitriles is 1. The van der Waals surface area contributed by atoms with Crippen LogP contribution in [-0.2, 0) is 19.1 Å². The summed E-state index contributed by atoms with van der Waals surface area (Å²) in [5.74, 6) is -0.981. The molecule has 8 heteroatoms. The molecule has 2 aromatic carbocycles. The van der Waals surface area contributed by atoms with E-state index >= 15 is 0 Å². The number of benzene rings is 2. The van der Waals surface area contributed by atoms with E-state index in [0.717, 1.165) is 0 Å². The summed E-state index contributed by atoms with van der Waals surface area (Å²) in [5.41, 5.74) is 1.43. The lowest BCUT2D eigenvalue weighted by Crippen LogP contribution is -2.39. The minimum absolute atomic E-state index is 0.136. The van der Waals surface area contributed by atoms with Gasteiger partial charge in [-0.1, -0.05) is 12.1 Å². The second-order valence-corrected chi connectivity index (χ2v) is 6.36. The first kappa shape index (κ1) is 19.9. The Kier molecular flexibility index (Phi) is 6.09. The molecule has 0 spiro atoms. The highest BCUT2D eigenvalue weighted by Crippen LogP contribution is 2.30. The van der Waals surface area contributed by atoms with Crippen LogP contribution in [-0.4, -0.2) is 37.0 Å². The number of para-hydroxylation sites is 2. The van der Waals surface area contributed by atoms with Gasteiger partial charge in [-0.2, -0.15) is 5.26 Å². The van der Waals surface area contributed by atoms with Crippen LogP contribution < -0.4 is 15.0 Å². The van der Waals surface area contributed by atoms with Gasteiger partial charge in [0.05, 0.1) is 30.3 Å². The van der Waals surface area contributed by atoms with E-state index < -0.39 is 18.0 Å². The molecule has 29 heavy (non-hydrogen) atoms. The monoisotopic (exact) mass is 393 g/mol. The van der Waals surface area contributed by atoms with Gasteiger partial charge in [-0.3, -0.25) is 19.3 Å². The SMILES string of the molecule is C[C@H](OC(=O)CN1C(=O)CCOc2ccccc21)C(=O)Nc1ccc(C#N)cc1. The molecule has 0 aromatic heterocycles. The molecule has 0 unspecified atom stereocenters. The number of ether oxygens (including phenoxy) is 2. The van der Waals surface area contributed by atoms with Crippen LogP contribution in [0.4, 0.5) is 11.4 Å². The molecule has 1 N–H and O–H groups in total. The molecular formula is C21H19N3O5. The van der Waals surface area contributed by atoms with E-state index in [1.807, 2.05) is 6.07 Å². The molecule has 0 aliphatic carbocycles. The van der Waals surface area contributed by atoms with Crippen LogP contribution >= 0.6 is 0 Å². The number of carbonyl (C=O) groups is 3. The van der Waals surface area contributed by atoms with Crippen LogP contribution in [0.15, 0.2) is 48.5 Å². The van der Waals surface area contributed by atoms with Crippen molar-refractivity contribution in [2.24, 2.45) is 0 Å². The maximum absolute atomic E-state index is 12.4. The number of amides is 2. The quantitative estimate of drug-likeness (QED) is 0.781. The van der Waals surface area contributed by atoms with Crippen LogP contribution in [0.25, 0.3) is 0 Å². The van der Waals surface area contributed by atoms with Gasteiger partial charge in [0.25, 0.3) is 5.91 Å². The third kappa shape index (κ3) is 4.90. The molecule has 0 radical (unpaired) electrons. The summed E-state index contributed by atoms with van der Waals surface area (Å²) < 4.78 is 10.7. The average molecular weight is 393 g/mol. The topological polar surface area (TPSA) is 109 Å². The van der Waals surface area contributed by atoms with Gasteiger partial charge >= 0.3 is 5.97 Å². The van der Waals surface area contributed by atoms with Crippen molar-refractivity contribution in [3.8, 4) is 11.8 Å². The van der Waals surface area contributed by atoms with Gasteiger partial charge in [0.15, 0.2) is 6.10 Å². The molecule has 1 heterocycles. The molecule has 1 aliphatic heterocycles. The fourth-order valence-corrected chi connectivity index (χ4v) is 2.78. The third-order valence-electron chi connectivity index (χ3n) is 4.28. The minimum atomic E-state index is -1.06. The summed E-state index contributed by atoms with van der Waals surface area (Å²) in [4.78, 5) is 38.3. The van der Waals surface area contributed by atoms with Crippen LogP contribution in [0.1, 0.15) is 18.9 Å². The number of nitrogens with zero attached hydrogens (tertiary/aromatic N) is 2. The molecule has 2 amide bonds. The maximum Gasteiger partial charge on any atom is 0.326 e. The molecule has 0 fully saturated rings. The van der Waals surface area contributed by atoms with E-state index in [4.69, 9.17) is 14.7 Å². The highest BCUT2D eigenvalue weighted by atomic mass is 16.5. The number of fused-ring (bicyclic) bond motifs is 1. The summed E-state index contributed by atoms with van der Waals surface area (Å²) >= 11 is 0. The van der Waals surface area contributed by atoms with Gasteiger partial charge in [-0.05, 0) is 43.3 Å². The van der Waals surface area contributed by atoms with E-state index in [2.05, 4.69) is 5.32 Å². The maximum atomic E-state index is 12.4. The Morgan fingerprint density at radius 2 is 1.97 bits per heavy atom. The van der Waals surface area contributed by atoms with Crippen LogP contribution in [0.3, 0.4) is 0 Å². The van der Waals surface area contributed by atoms with Crippen molar-refractivity contribution in [3.05, 3.63) is 54.1 Å². The van der Waals surface area contributed by atoms with E-state index in [0.29, 0.717) is 22.7 Å². The van der Waals surface area contributed by atoms with Crippen molar-refractivity contribution < 1.29 is 23.9 Å². The first-order chi connectivity index (χ1) is 14.0. The van der Waals surface area contributed by atoms with Gasteiger partial charge < -0.3 is 14.8 Å². The lowest BCUT2D eigenvalue weighted by molar-refractivity contribution is -0.152. The van der Waals surface area contributed by atoms with Crippen molar-refractivity contribution in [1.82, 2.24) is 0 Å². The lowest BCUT2D eigenvalue weighted by atomic mass is 10.2. The van der Waals surface area contributed by atoms with E-state index in [-0.39, 0.29) is 25.5 Å². The number of nitrogens with one attached hydrogen (secondary N) is 1. The van der Waals surface area contributed by atoms with Gasteiger partial charge in [-0.25, -0.2) is 0 Å². The second kappa shape index (κ2) is 8.89. The van der Waals surface area contributed by atoms with E-state index in [1.165, 1.54) is 11.8 Å². The minimum Gasteiger partial charge on any atom is -0.491 e. The van der Waals surface area contributed by atoms with Crippen LogP contribution in [0.2, 0.25) is 0 Å². The van der Waals surface area contributed by atoms with Gasteiger partial charge in [0.2, 0.25) is 5.91 Å². The lowest BCUT2D eigenvalue weighted by Gasteiger charge is -2.22. The zero-order valence-electron chi connectivity index (χ0n) is 15.8. The molecular weight excluding hydrogens is 374 g/mol. The van der Waals surface area contributed by atoms with Gasteiger partial charge in [0.1, 0.15) is 12.3 Å². The first-order valence-electron chi connectivity index (χ1n) is 9.00. The van der Waals surface area contributed by atoms with E-state index in [9.17, 15) is 14.4 Å². The highest BCUT2D eigenvalue weighted by molar-refractivity contribution is 6.00. The Balaban J connectivity index is 1.61. The predicted molar refractivity (Wildman–Crippen MR) is 104 cm³/mol. The predicted octanol–water partition coefficient (Wildman–Crippen LogP) is 2.24. The third-order valence-corrected chi connectivity index (χ3v) is 4.28. The Hall–Kier alpha value is -3.86. The highest BCUT2D eigenvalue weighted by Gasteiger charge is 2.27. The van der Waals surface area contributed by atoms with Crippen LogP contribution in [0.5, 0.6) is 5.75 Å². The molecule has 1 aliphatic rings. The van der Waals surface area contributed by atoms with Crippen molar-refractivity contribution in [2.45, 2.75) is 19.4 Å². The zero-order valence-corrected chi connectivity index (χ0v) is 15.8. The summed E-state index contributed by atoms with van der Waals surface area (Å²) in [6.45, 7) is 1.34. The number of esters is 1.